The second-order valence-electron chi connectivity index (χ2n) is 7.81. The summed E-state index contributed by atoms with van der Waals surface area (Å²) in [7, 11) is 0. The molecule has 0 saturated carbocycles. The van der Waals surface area contributed by atoms with Crippen molar-refractivity contribution in [3.63, 3.8) is 0 Å². The number of nitrogens with one attached hydrogen (secondary N) is 2. The summed E-state index contributed by atoms with van der Waals surface area (Å²) in [6.45, 7) is 9.39. The van der Waals surface area contributed by atoms with E-state index in [0.29, 0.717) is 19.6 Å². The highest BCUT2D eigenvalue weighted by Gasteiger charge is 2.22. The van der Waals surface area contributed by atoms with Gasteiger partial charge in [-0.05, 0) is 37.8 Å². The van der Waals surface area contributed by atoms with Crippen LogP contribution in [0.15, 0.2) is 18.2 Å². The minimum atomic E-state index is 0.0140. The molecule has 2 heterocycles. The van der Waals surface area contributed by atoms with Gasteiger partial charge in [0.25, 0.3) is 0 Å². The van der Waals surface area contributed by atoms with Crippen LogP contribution in [0.2, 0.25) is 0 Å². The number of carbonyl (C=O) groups is 2. The van der Waals surface area contributed by atoms with E-state index >= 15 is 0 Å². The molecule has 2 aliphatic rings. The number of ether oxygens (including phenoxy) is 1. The maximum absolute atomic E-state index is 12.4. The molecule has 0 radical (unpaired) electrons. The van der Waals surface area contributed by atoms with Crippen LogP contribution in [-0.4, -0.2) is 80.1 Å². The molecule has 2 saturated heterocycles. The second kappa shape index (κ2) is 10.0. The predicted octanol–water partition coefficient (Wildman–Crippen LogP) is 1.15. The highest BCUT2D eigenvalue weighted by Crippen LogP contribution is 2.19. The molecule has 2 aliphatic heterocycles. The minimum absolute atomic E-state index is 0.0140. The number of rotatable bonds is 7. The number of para-hydroxylation sites is 1. The largest absolute Gasteiger partial charge is 0.376 e. The molecule has 28 heavy (non-hydrogen) atoms. The molecule has 1 aromatic carbocycles. The lowest BCUT2D eigenvalue weighted by Crippen LogP contribution is -2.51. The Morgan fingerprint density at radius 1 is 1.04 bits per heavy atom. The summed E-state index contributed by atoms with van der Waals surface area (Å²) in [5.74, 6) is 0.0666. The fourth-order valence-corrected chi connectivity index (χ4v) is 3.79. The molecule has 0 spiro atoms. The van der Waals surface area contributed by atoms with Gasteiger partial charge >= 0.3 is 0 Å². The Labute approximate surface area is 167 Å². The fraction of sp³-hybridized carbons (Fsp3) is 0.619. The van der Waals surface area contributed by atoms with Gasteiger partial charge in [0, 0.05) is 45.0 Å². The first kappa shape index (κ1) is 20.8. The quantitative estimate of drug-likeness (QED) is 0.733. The van der Waals surface area contributed by atoms with E-state index in [0.717, 1.165) is 62.4 Å². The van der Waals surface area contributed by atoms with Crippen molar-refractivity contribution in [1.29, 1.82) is 0 Å². The molecule has 0 aromatic heterocycles. The highest BCUT2D eigenvalue weighted by atomic mass is 16.5. The van der Waals surface area contributed by atoms with Gasteiger partial charge in [-0.25, -0.2) is 0 Å². The monoisotopic (exact) mass is 388 g/mol. The van der Waals surface area contributed by atoms with Crippen molar-refractivity contribution in [1.82, 2.24) is 15.1 Å². The van der Waals surface area contributed by atoms with E-state index in [9.17, 15) is 9.59 Å². The maximum Gasteiger partial charge on any atom is 0.238 e. The van der Waals surface area contributed by atoms with Crippen molar-refractivity contribution < 1.29 is 14.3 Å². The Kier molecular flexibility index (Phi) is 7.42. The smallest absolute Gasteiger partial charge is 0.238 e. The van der Waals surface area contributed by atoms with Crippen LogP contribution < -0.4 is 10.6 Å². The van der Waals surface area contributed by atoms with Crippen molar-refractivity contribution in [3.8, 4) is 0 Å². The molecule has 0 aliphatic carbocycles. The third kappa shape index (κ3) is 6.02. The molecule has 3 rings (SSSR count). The molecule has 0 unspecified atom stereocenters. The first-order chi connectivity index (χ1) is 13.5. The Hall–Kier alpha value is -1.96. The molecule has 2 fully saturated rings. The molecular weight excluding hydrogens is 356 g/mol. The normalized spacial score (nSPS) is 20.9. The molecular formula is C21H32N4O3. The number of hydrogen-bond donors (Lipinski definition) is 2. The van der Waals surface area contributed by atoms with Gasteiger partial charge in [-0.1, -0.05) is 18.2 Å². The Balaban J connectivity index is 1.35. The predicted molar refractivity (Wildman–Crippen MR) is 109 cm³/mol. The van der Waals surface area contributed by atoms with Crippen molar-refractivity contribution >= 4 is 17.5 Å². The molecule has 7 heteroatoms. The number of benzene rings is 1. The van der Waals surface area contributed by atoms with Gasteiger partial charge in [-0.15, -0.1) is 0 Å². The topological polar surface area (TPSA) is 73.9 Å². The van der Waals surface area contributed by atoms with E-state index in [2.05, 4.69) is 20.4 Å². The second-order valence-corrected chi connectivity index (χ2v) is 7.81. The number of carbonyl (C=O) groups excluding carboxylic acids is 2. The zero-order valence-electron chi connectivity index (χ0n) is 17.0. The van der Waals surface area contributed by atoms with Crippen LogP contribution in [0.4, 0.5) is 5.69 Å². The van der Waals surface area contributed by atoms with Gasteiger partial charge in [0.1, 0.15) is 0 Å². The van der Waals surface area contributed by atoms with Crippen LogP contribution in [-0.2, 0) is 14.3 Å². The SMILES string of the molecule is Cc1cccc(C)c1NC(=O)CN1CCN(CC(=O)NC[C@H]2CCCO2)CC1. The van der Waals surface area contributed by atoms with Crippen LogP contribution >= 0.6 is 0 Å². The summed E-state index contributed by atoms with van der Waals surface area (Å²) in [6, 6.07) is 6.01. The fourth-order valence-electron chi connectivity index (χ4n) is 3.79. The molecule has 0 bridgehead atoms. The van der Waals surface area contributed by atoms with Crippen LogP contribution in [0.5, 0.6) is 0 Å². The Morgan fingerprint density at radius 2 is 1.64 bits per heavy atom. The summed E-state index contributed by atoms with van der Waals surface area (Å²) in [5, 5.41) is 6.01. The number of hydrogen-bond acceptors (Lipinski definition) is 5. The Morgan fingerprint density at radius 3 is 2.21 bits per heavy atom. The lowest BCUT2D eigenvalue weighted by atomic mass is 10.1. The van der Waals surface area contributed by atoms with Crippen LogP contribution in [0.25, 0.3) is 0 Å². The van der Waals surface area contributed by atoms with E-state index in [1.807, 2.05) is 32.0 Å². The van der Waals surface area contributed by atoms with Crippen molar-refractivity contribution in [3.05, 3.63) is 29.3 Å². The first-order valence-corrected chi connectivity index (χ1v) is 10.2. The lowest BCUT2D eigenvalue weighted by molar-refractivity contribution is -0.124. The van der Waals surface area contributed by atoms with Crippen molar-refractivity contribution in [2.45, 2.75) is 32.8 Å². The van der Waals surface area contributed by atoms with Crippen LogP contribution in [0.1, 0.15) is 24.0 Å². The number of piperazine rings is 1. The van der Waals surface area contributed by atoms with Gasteiger partial charge in [0.2, 0.25) is 11.8 Å². The van der Waals surface area contributed by atoms with Gasteiger partial charge in [-0.3, -0.25) is 19.4 Å². The minimum Gasteiger partial charge on any atom is -0.376 e. The molecule has 2 amide bonds. The highest BCUT2D eigenvalue weighted by molar-refractivity contribution is 5.93. The molecule has 7 nitrogen and oxygen atoms in total. The summed E-state index contributed by atoms with van der Waals surface area (Å²) in [4.78, 5) is 28.8. The van der Waals surface area contributed by atoms with Gasteiger partial charge < -0.3 is 15.4 Å². The zero-order valence-corrected chi connectivity index (χ0v) is 17.0. The number of amides is 2. The summed E-state index contributed by atoms with van der Waals surface area (Å²) in [5.41, 5.74) is 3.06. The van der Waals surface area contributed by atoms with Crippen molar-refractivity contribution in [2.24, 2.45) is 0 Å². The number of aryl methyl sites for hydroxylation is 2. The van der Waals surface area contributed by atoms with Gasteiger partial charge in [0.05, 0.1) is 19.2 Å². The summed E-state index contributed by atoms with van der Waals surface area (Å²) < 4.78 is 5.53. The first-order valence-electron chi connectivity index (χ1n) is 10.2. The number of anilines is 1. The summed E-state index contributed by atoms with van der Waals surface area (Å²) >= 11 is 0. The lowest BCUT2D eigenvalue weighted by Gasteiger charge is -2.33. The van der Waals surface area contributed by atoms with Gasteiger partial charge in [0.15, 0.2) is 0 Å². The maximum atomic E-state index is 12.4. The van der Waals surface area contributed by atoms with E-state index in [1.54, 1.807) is 0 Å². The molecule has 154 valence electrons. The average Bonchev–Trinajstić information content (AvgIpc) is 3.18. The average molecular weight is 389 g/mol. The van der Waals surface area contributed by atoms with Gasteiger partial charge in [-0.2, -0.15) is 0 Å². The van der Waals surface area contributed by atoms with E-state index in [1.165, 1.54) is 0 Å². The molecule has 2 N–H and O–H groups in total. The summed E-state index contributed by atoms with van der Waals surface area (Å²) in [6.07, 6.45) is 2.29. The van der Waals surface area contributed by atoms with E-state index in [4.69, 9.17) is 4.74 Å². The standard InChI is InChI=1S/C21H32N4O3/c1-16-5-3-6-17(2)21(16)23-20(27)15-25-10-8-24(9-11-25)14-19(26)22-13-18-7-4-12-28-18/h3,5-6,18H,4,7-15H2,1-2H3,(H,22,26)(H,23,27)/t18-/m1/s1. The van der Waals surface area contributed by atoms with Crippen molar-refractivity contribution in [2.75, 3.05) is 57.7 Å². The van der Waals surface area contributed by atoms with E-state index < -0.39 is 0 Å². The molecule has 1 atom stereocenters. The third-order valence-electron chi connectivity index (χ3n) is 5.50. The number of nitrogens with zero attached hydrogens (tertiary/aromatic N) is 2. The van der Waals surface area contributed by atoms with E-state index in [-0.39, 0.29) is 17.9 Å². The zero-order chi connectivity index (χ0) is 19.9. The molecule has 1 aromatic rings. The van der Waals surface area contributed by atoms with Crippen LogP contribution in [0.3, 0.4) is 0 Å². The Bertz CT molecular complexity index is 660. The third-order valence-corrected chi connectivity index (χ3v) is 5.50. The van der Waals surface area contributed by atoms with Crippen LogP contribution in [0, 0.1) is 13.8 Å².